The molecule has 1 atom stereocenters. The Labute approximate surface area is 77.1 Å². The minimum atomic E-state index is -2.70. The molecular formula is C8H17F2NO2. The van der Waals surface area contributed by atoms with Crippen LogP contribution in [0.4, 0.5) is 8.78 Å². The average molecular weight is 197 g/mol. The van der Waals surface area contributed by atoms with E-state index in [1.807, 2.05) is 0 Å². The lowest BCUT2D eigenvalue weighted by atomic mass is 10.0. The second kappa shape index (κ2) is 6.23. The molecule has 2 N–H and O–H groups in total. The van der Waals surface area contributed by atoms with Crippen molar-refractivity contribution in [1.29, 1.82) is 0 Å². The van der Waals surface area contributed by atoms with Gasteiger partial charge in [-0.05, 0) is 19.9 Å². The summed E-state index contributed by atoms with van der Waals surface area (Å²) in [6.07, 6.45) is -2.66. The van der Waals surface area contributed by atoms with Crippen LogP contribution in [-0.4, -0.2) is 43.9 Å². The number of hydrogen-bond acceptors (Lipinski definition) is 3. The Kier molecular flexibility index (Phi) is 6.11. The summed E-state index contributed by atoms with van der Waals surface area (Å²) in [6, 6.07) is 0. The van der Waals surface area contributed by atoms with Gasteiger partial charge >= 0.3 is 0 Å². The molecule has 0 fully saturated rings. The van der Waals surface area contributed by atoms with Gasteiger partial charge in [0.2, 0.25) is 0 Å². The van der Waals surface area contributed by atoms with Gasteiger partial charge in [-0.3, -0.25) is 0 Å². The van der Waals surface area contributed by atoms with Gasteiger partial charge in [-0.15, -0.1) is 0 Å². The van der Waals surface area contributed by atoms with Gasteiger partial charge in [-0.25, -0.2) is 8.78 Å². The third-order valence-corrected chi connectivity index (χ3v) is 1.76. The van der Waals surface area contributed by atoms with E-state index in [1.54, 1.807) is 7.11 Å². The molecule has 0 radical (unpaired) electrons. The first-order chi connectivity index (χ1) is 6.00. The van der Waals surface area contributed by atoms with Crippen molar-refractivity contribution < 1.29 is 18.6 Å². The van der Waals surface area contributed by atoms with Crippen LogP contribution in [0.3, 0.4) is 0 Å². The van der Waals surface area contributed by atoms with E-state index >= 15 is 0 Å². The van der Waals surface area contributed by atoms with Gasteiger partial charge in [0.1, 0.15) is 5.60 Å². The van der Waals surface area contributed by atoms with Gasteiger partial charge in [-0.2, -0.15) is 0 Å². The van der Waals surface area contributed by atoms with E-state index in [2.05, 4.69) is 5.32 Å². The third kappa shape index (κ3) is 5.90. The summed E-state index contributed by atoms with van der Waals surface area (Å²) < 4.78 is 28.9. The molecular weight excluding hydrogens is 180 g/mol. The van der Waals surface area contributed by atoms with Crippen molar-refractivity contribution in [1.82, 2.24) is 5.32 Å². The van der Waals surface area contributed by atoms with E-state index < -0.39 is 12.0 Å². The van der Waals surface area contributed by atoms with Crippen LogP contribution >= 0.6 is 0 Å². The van der Waals surface area contributed by atoms with Crippen molar-refractivity contribution in [2.75, 3.05) is 26.8 Å². The van der Waals surface area contributed by atoms with Gasteiger partial charge in [0, 0.05) is 13.7 Å². The molecule has 1 unspecified atom stereocenters. The number of methoxy groups -OCH3 is 1. The van der Waals surface area contributed by atoms with E-state index in [4.69, 9.17) is 9.84 Å². The standard InChI is InChI=1S/C8H17F2NO2/c1-8(12,7(9)10)3-4-11-5-6-13-2/h7,11-12H,3-6H2,1-2H3. The van der Waals surface area contributed by atoms with Crippen molar-refractivity contribution >= 4 is 0 Å². The van der Waals surface area contributed by atoms with Crippen molar-refractivity contribution in [3.05, 3.63) is 0 Å². The highest BCUT2D eigenvalue weighted by molar-refractivity contribution is 4.76. The summed E-state index contributed by atoms with van der Waals surface area (Å²) in [5, 5.41) is 12.0. The van der Waals surface area contributed by atoms with Gasteiger partial charge in [0.25, 0.3) is 6.43 Å². The largest absolute Gasteiger partial charge is 0.384 e. The number of rotatable bonds is 7. The van der Waals surface area contributed by atoms with Gasteiger partial charge in [0.15, 0.2) is 0 Å². The van der Waals surface area contributed by atoms with Crippen LogP contribution < -0.4 is 5.32 Å². The van der Waals surface area contributed by atoms with Crippen LogP contribution in [0.25, 0.3) is 0 Å². The summed E-state index contributed by atoms with van der Waals surface area (Å²) in [4.78, 5) is 0. The maximum absolute atomic E-state index is 12.1. The number of ether oxygens (including phenoxy) is 1. The summed E-state index contributed by atoms with van der Waals surface area (Å²) in [7, 11) is 1.57. The van der Waals surface area contributed by atoms with Crippen molar-refractivity contribution in [3.8, 4) is 0 Å². The Hall–Kier alpha value is -0.260. The Bertz CT molecular complexity index is 131. The molecule has 0 aromatic carbocycles. The number of halogens is 2. The van der Waals surface area contributed by atoms with Crippen LogP contribution in [0, 0.1) is 0 Å². The van der Waals surface area contributed by atoms with E-state index in [0.717, 1.165) is 6.92 Å². The van der Waals surface area contributed by atoms with Crippen molar-refractivity contribution in [2.45, 2.75) is 25.4 Å². The fourth-order valence-electron chi connectivity index (χ4n) is 0.750. The normalized spacial score (nSPS) is 16.2. The first-order valence-corrected chi connectivity index (χ1v) is 4.21. The average Bonchev–Trinajstić information content (AvgIpc) is 2.03. The van der Waals surface area contributed by atoms with Gasteiger partial charge in [-0.1, -0.05) is 0 Å². The highest BCUT2D eigenvalue weighted by Crippen LogP contribution is 2.17. The number of hydrogen-bond donors (Lipinski definition) is 2. The molecule has 0 aliphatic rings. The van der Waals surface area contributed by atoms with Crippen LogP contribution in [-0.2, 0) is 4.74 Å². The first-order valence-electron chi connectivity index (χ1n) is 4.21. The molecule has 0 amide bonds. The second-order valence-corrected chi connectivity index (χ2v) is 3.15. The zero-order chi connectivity index (χ0) is 10.3. The van der Waals surface area contributed by atoms with E-state index in [0.29, 0.717) is 19.7 Å². The molecule has 0 saturated heterocycles. The fraction of sp³-hybridized carbons (Fsp3) is 1.00. The van der Waals surface area contributed by atoms with E-state index in [-0.39, 0.29) is 6.42 Å². The summed E-state index contributed by atoms with van der Waals surface area (Å²) in [6.45, 7) is 2.64. The Morgan fingerprint density at radius 2 is 2.08 bits per heavy atom. The summed E-state index contributed by atoms with van der Waals surface area (Å²) in [5.74, 6) is 0. The molecule has 5 heteroatoms. The number of alkyl halides is 2. The molecule has 0 aromatic heterocycles. The molecule has 80 valence electrons. The van der Waals surface area contributed by atoms with Crippen molar-refractivity contribution in [2.24, 2.45) is 0 Å². The minimum Gasteiger partial charge on any atom is -0.384 e. The van der Waals surface area contributed by atoms with Crippen LogP contribution in [0.2, 0.25) is 0 Å². The molecule has 3 nitrogen and oxygen atoms in total. The predicted octanol–water partition coefficient (Wildman–Crippen LogP) is 0.629. The molecule has 0 aromatic rings. The summed E-state index contributed by atoms with van der Waals surface area (Å²) >= 11 is 0. The zero-order valence-electron chi connectivity index (χ0n) is 8.02. The smallest absolute Gasteiger partial charge is 0.266 e. The second-order valence-electron chi connectivity index (χ2n) is 3.15. The Balaban J connectivity index is 3.41. The highest BCUT2D eigenvalue weighted by atomic mass is 19.3. The topological polar surface area (TPSA) is 41.5 Å². The first kappa shape index (κ1) is 12.7. The molecule has 0 bridgehead atoms. The highest BCUT2D eigenvalue weighted by Gasteiger charge is 2.31. The number of aliphatic hydroxyl groups is 1. The minimum absolute atomic E-state index is 0.0361. The fourth-order valence-corrected chi connectivity index (χ4v) is 0.750. The Morgan fingerprint density at radius 1 is 1.46 bits per heavy atom. The molecule has 0 rings (SSSR count). The van der Waals surface area contributed by atoms with Gasteiger partial charge in [0.05, 0.1) is 6.61 Å². The molecule has 13 heavy (non-hydrogen) atoms. The van der Waals surface area contributed by atoms with Crippen LogP contribution in [0.1, 0.15) is 13.3 Å². The Morgan fingerprint density at radius 3 is 2.54 bits per heavy atom. The van der Waals surface area contributed by atoms with E-state index in [9.17, 15) is 8.78 Å². The van der Waals surface area contributed by atoms with Crippen LogP contribution in [0.15, 0.2) is 0 Å². The predicted molar refractivity (Wildman–Crippen MR) is 46.0 cm³/mol. The lowest BCUT2D eigenvalue weighted by Gasteiger charge is -2.21. The quantitative estimate of drug-likeness (QED) is 0.588. The maximum atomic E-state index is 12.1. The molecule has 0 heterocycles. The zero-order valence-corrected chi connectivity index (χ0v) is 8.02. The summed E-state index contributed by atoms with van der Waals surface area (Å²) in [5.41, 5.74) is -1.89. The SMILES string of the molecule is COCCNCCC(C)(O)C(F)F. The van der Waals surface area contributed by atoms with Crippen molar-refractivity contribution in [3.63, 3.8) is 0 Å². The monoisotopic (exact) mass is 197 g/mol. The molecule has 0 spiro atoms. The lowest BCUT2D eigenvalue weighted by Crippen LogP contribution is -2.37. The third-order valence-electron chi connectivity index (χ3n) is 1.76. The molecule has 0 saturated carbocycles. The maximum Gasteiger partial charge on any atom is 0.266 e. The van der Waals surface area contributed by atoms with Crippen LogP contribution in [0.5, 0.6) is 0 Å². The van der Waals surface area contributed by atoms with Gasteiger partial charge < -0.3 is 15.2 Å². The number of nitrogens with one attached hydrogen (secondary N) is 1. The lowest BCUT2D eigenvalue weighted by molar-refractivity contribution is -0.0871. The van der Waals surface area contributed by atoms with E-state index in [1.165, 1.54) is 0 Å². The molecule has 0 aliphatic heterocycles. The molecule has 0 aliphatic carbocycles.